The molecule has 1 aromatic carbocycles. The highest BCUT2D eigenvalue weighted by Crippen LogP contribution is 2.24. The lowest BCUT2D eigenvalue weighted by atomic mass is 9.96. The number of amides is 1. The Hall–Kier alpha value is -2.51. The van der Waals surface area contributed by atoms with Crippen LogP contribution in [0.5, 0.6) is 0 Å². The van der Waals surface area contributed by atoms with Crippen LogP contribution < -0.4 is 10.2 Å². The minimum atomic E-state index is 0.0982. The number of benzene rings is 1. The number of aromatic nitrogens is 2. The van der Waals surface area contributed by atoms with Gasteiger partial charge in [0, 0.05) is 70.0 Å². The van der Waals surface area contributed by atoms with Crippen molar-refractivity contribution in [3.8, 4) is 11.4 Å². The normalized spacial score (nSPS) is 18.4. The first-order valence-electron chi connectivity index (χ1n) is 12.5. The molecule has 0 spiro atoms. The number of hydrogen-bond acceptors (Lipinski definition) is 6. The number of carbonyl (C=O) groups is 1. The van der Waals surface area contributed by atoms with Crippen molar-refractivity contribution >= 4 is 11.7 Å². The molecule has 0 unspecified atom stereocenters. The molecule has 2 aliphatic rings. The van der Waals surface area contributed by atoms with E-state index in [0.29, 0.717) is 0 Å². The zero-order valence-electron chi connectivity index (χ0n) is 20.2. The molecule has 1 N–H and O–H groups in total. The van der Waals surface area contributed by atoms with Gasteiger partial charge in [-0.25, -0.2) is 9.97 Å². The molecule has 2 aromatic rings. The molecule has 4 rings (SSSR count). The van der Waals surface area contributed by atoms with Crippen LogP contribution in [0.25, 0.3) is 11.4 Å². The summed E-state index contributed by atoms with van der Waals surface area (Å²) in [5, 5.41) is 3.19. The van der Waals surface area contributed by atoms with Crippen molar-refractivity contribution in [1.82, 2.24) is 25.1 Å². The second-order valence-corrected chi connectivity index (χ2v) is 9.34. The van der Waals surface area contributed by atoms with Gasteiger partial charge in [-0.3, -0.25) is 9.69 Å². The van der Waals surface area contributed by atoms with Crippen molar-refractivity contribution in [2.75, 3.05) is 63.8 Å². The Morgan fingerprint density at radius 2 is 1.64 bits per heavy atom. The Morgan fingerprint density at radius 1 is 0.970 bits per heavy atom. The molecular weight excluding hydrogens is 412 g/mol. The van der Waals surface area contributed by atoms with Gasteiger partial charge in [0.25, 0.3) is 0 Å². The third kappa shape index (κ3) is 6.51. The van der Waals surface area contributed by atoms with Gasteiger partial charge >= 0.3 is 0 Å². The van der Waals surface area contributed by atoms with E-state index in [-0.39, 0.29) is 11.8 Å². The van der Waals surface area contributed by atoms with E-state index in [1.165, 1.54) is 18.5 Å². The molecule has 0 radical (unpaired) electrons. The van der Waals surface area contributed by atoms with Crippen molar-refractivity contribution < 1.29 is 4.79 Å². The number of carbonyl (C=O) groups excluding carboxylic acids is 1. The fourth-order valence-electron chi connectivity index (χ4n) is 4.77. The molecule has 0 aliphatic carbocycles. The number of piperidine rings is 1. The summed E-state index contributed by atoms with van der Waals surface area (Å²) in [6, 6.07) is 10.3. The first kappa shape index (κ1) is 23.6. The van der Waals surface area contributed by atoms with Crippen LogP contribution in [0.4, 0.5) is 5.82 Å². The molecule has 7 heteroatoms. The fourth-order valence-corrected chi connectivity index (χ4v) is 4.77. The van der Waals surface area contributed by atoms with Crippen molar-refractivity contribution in [1.29, 1.82) is 0 Å². The highest BCUT2D eigenvalue weighted by atomic mass is 16.1. The Morgan fingerprint density at radius 3 is 2.30 bits per heavy atom. The summed E-state index contributed by atoms with van der Waals surface area (Å²) in [4.78, 5) is 29.2. The lowest BCUT2D eigenvalue weighted by molar-refractivity contribution is -0.125. The molecule has 7 nitrogen and oxygen atoms in total. The third-order valence-corrected chi connectivity index (χ3v) is 6.87. The number of hydrogen-bond donors (Lipinski definition) is 1. The number of piperazine rings is 1. The molecule has 1 amide bonds. The first-order valence-corrected chi connectivity index (χ1v) is 12.5. The van der Waals surface area contributed by atoms with Crippen molar-refractivity contribution in [2.24, 2.45) is 5.92 Å². The maximum atomic E-state index is 12.7. The quantitative estimate of drug-likeness (QED) is 0.667. The summed E-state index contributed by atoms with van der Waals surface area (Å²) in [5.74, 6) is 2.01. The SMILES string of the molecule is CCCN1CCN(CCNC(=O)C2CCN(c3ccnc(-c4ccc(C)cc4)n3)CC2)CC1. The highest BCUT2D eigenvalue weighted by molar-refractivity contribution is 5.79. The van der Waals surface area contributed by atoms with Gasteiger partial charge in [0.15, 0.2) is 5.82 Å². The third-order valence-electron chi connectivity index (χ3n) is 6.87. The summed E-state index contributed by atoms with van der Waals surface area (Å²) in [6.45, 7) is 13.4. The van der Waals surface area contributed by atoms with Crippen LogP contribution in [0, 0.1) is 12.8 Å². The minimum absolute atomic E-state index is 0.0982. The zero-order chi connectivity index (χ0) is 23.0. The van der Waals surface area contributed by atoms with Gasteiger partial charge in [-0.05, 0) is 38.8 Å². The lowest BCUT2D eigenvalue weighted by Gasteiger charge is -2.35. The molecule has 2 fully saturated rings. The molecule has 178 valence electrons. The summed E-state index contributed by atoms with van der Waals surface area (Å²) in [7, 11) is 0. The number of aryl methyl sites for hydroxylation is 1. The standard InChI is InChI=1S/C26H38N6O/c1-3-13-30-17-19-31(20-18-30)16-12-28-26(33)23-9-14-32(15-10-23)24-8-11-27-25(29-24)22-6-4-21(2)5-7-22/h4-8,11,23H,3,9-10,12-20H2,1-2H3,(H,28,33). The highest BCUT2D eigenvalue weighted by Gasteiger charge is 2.26. The average Bonchev–Trinajstić information content (AvgIpc) is 2.86. The number of nitrogens with one attached hydrogen (secondary N) is 1. The Labute approximate surface area is 198 Å². The molecular formula is C26H38N6O. The largest absolute Gasteiger partial charge is 0.356 e. The first-order chi connectivity index (χ1) is 16.1. The van der Waals surface area contributed by atoms with E-state index in [1.54, 1.807) is 0 Å². The summed E-state index contributed by atoms with van der Waals surface area (Å²) < 4.78 is 0. The van der Waals surface area contributed by atoms with Gasteiger partial charge < -0.3 is 15.1 Å². The molecule has 0 bridgehead atoms. The molecule has 3 heterocycles. The van der Waals surface area contributed by atoms with Crippen LogP contribution in [-0.4, -0.2) is 84.6 Å². The molecule has 2 aliphatic heterocycles. The minimum Gasteiger partial charge on any atom is -0.356 e. The van der Waals surface area contributed by atoms with Crippen LogP contribution in [0.2, 0.25) is 0 Å². The predicted octanol–water partition coefficient (Wildman–Crippen LogP) is 2.81. The number of anilines is 1. The maximum Gasteiger partial charge on any atom is 0.223 e. The summed E-state index contributed by atoms with van der Waals surface area (Å²) in [6.07, 6.45) is 4.79. The van der Waals surface area contributed by atoms with Crippen molar-refractivity contribution in [3.63, 3.8) is 0 Å². The summed E-state index contributed by atoms with van der Waals surface area (Å²) in [5.41, 5.74) is 2.26. The van der Waals surface area contributed by atoms with Crippen LogP contribution in [0.3, 0.4) is 0 Å². The van der Waals surface area contributed by atoms with Crippen LogP contribution >= 0.6 is 0 Å². The number of nitrogens with zero attached hydrogens (tertiary/aromatic N) is 5. The maximum absolute atomic E-state index is 12.7. The molecule has 0 saturated carbocycles. The monoisotopic (exact) mass is 450 g/mol. The Balaban J connectivity index is 1.20. The Kier molecular flexibility index (Phi) is 8.29. The van der Waals surface area contributed by atoms with E-state index in [1.807, 2.05) is 12.3 Å². The van der Waals surface area contributed by atoms with Crippen molar-refractivity contribution in [3.05, 3.63) is 42.1 Å². The van der Waals surface area contributed by atoms with E-state index in [0.717, 1.165) is 82.4 Å². The van der Waals surface area contributed by atoms with E-state index < -0.39 is 0 Å². The van der Waals surface area contributed by atoms with Gasteiger partial charge in [-0.1, -0.05) is 36.8 Å². The fraction of sp³-hybridized carbons (Fsp3) is 0.577. The average molecular weight is 451 g/mol. The zero-order valence-corrected chi connectivity index (χ0v) is 20.2. The van der Waals surface area contributed by atoms with Crippen LogP contribution in [0.15, 0.2) is 36.5 Å². The van der Waals surface area contributed by atoms with E-state index >= 15 is 0 Å². The van der Waals surface area contributed by atoms with Gasteiger partial charge in [0.1, 0.15) is 5.82 Å². The predicted molar refractivity (Wildman–Crippen MR) is 133 cm³/mol. The van der Waals surface area contributed by atoms with E-state index in [4.69, 9.17) is 4.98 Å². The van der Waals surface area contributed by atoms with Crippen molar-refractivity contribution in [2.45, 2.75) is 33.1 Å². The van der Waals surface area contributed by atoms with Crippen LogP contribution in [0.1, 0.15) is 31.7 Å². The van der Waals surface area contributed by atoms with E-state index in [2.05, 4.69) is 63.1 Å². The molecule has 1 aromatic heterocycles. The smallest absolute Gasteiger partial charge is 0.223 e. The van der Waals surface area contributed by atoms with Gasteiger partial charge in [0.2, 0.25) is 5.91 Å². The van der Waals surface area contributed by atoms with Gasteiger partial charge in [-0.15, -0.1) is 0 Å². The topological polar surface area (TPSA) is 64.6 Å². The molecule has 2 saturated heterocycles. The number of rotatable bonds is 8. The second kappa shape index (κ2) is 11.6. The lowest BCUT2D eigenvalue weighted by Crippen LogP contribution is -2.49. The van der Waals surface area contributed by atoms with Gasteiger partial charge in [0.05, 0.1) is 0 Å². The van der Waals surface area contributed by atoms with Gasteiger partial charge in [-0.2, -0.15) is 0 Å². The Bertz CT molecular complexity index is 886. The summed E-state index contributed by atoms with van der Waals surface area (Å²) >= 11 is 0. The van der Waals surface area contributed by atoms with E-state index in [9.17, 15) is 4.79 Å². The van der Waals surface area contributed by atoms with Crippen LogP contribution in [-0.2, 0) is 4.79 Å². The molecule has 0 atom stereocenters. The molecule has 33 heavy (non-hydrogen) atoms. The second-order valence-electron chi connectivity index (χ2n) is 9.34.